The van der Waals surface area contributed by atoms with Gasteiger partial charge in [0, 0.05) is 24.1 Å². The van der Waals surface area contributed by atoms with E-state index in [9.17, 15) is 14.7 Å². The van der Waals surface area contributed by atoms with Crippen LogP contribution in [-0.4, -0.2) is 16.8 Å². The van der Waals surface area contributed by atoms with E-state index < -0.39 is 0 Å². The van der Waals surface area contributed by atoms with Crippen molar-refractivity contribution < 1.29 is 14.7 Å². The third-order valence-electron chi connectivity index (χ3n) is 4.45. The molecular weight excluding hydrogens is 326 g/mol. The number of rotatable bonds is 6. The van der Waals surface area contributed by atoms with Gasteiger partial charge in [-0.25, -0.2) is 0 Å². The fourth-order valence-electron chi connectivity index (χ4n) is 3.00. The number of benzene rings is 3. The Morgan fingerprint density at radius 3 is 2.42 bits per heavy atom. The quantitative estimate of drug-likeness (QED) is 0.679. The highest BCUT2D eigenvalue weighted by Crippen LogP contribution is 2.33. The molecule has 3 aromatic rings. The number of phenolic OH excluding ortho intramolecular Hbond substituents is 1. The van der Waals surface area contributed by atoms with Crippen molar-refractivity contribution in [3.05, 3.63) is 71.8 Å². The molecule has 1 amide bonds. The molecule has 0 aliphatic carbocycles. The molecule has 132 valence electrons. The number of Topliss-reactive ketones (excluding diaryl/α,β-unsaturated/α-hetero) is 1. The molecule has 0 bridgehead atoms. The predicted molar refractivity (Wildman–Crippen MR) is 104 cm³/mol. The number of amides is 1. The maximum atomic E-state index is 12.7. The van der Waals surface area contributed by atoms with Crippen molar-refractivity contribution in [1.29, 1.82) is 0 Å². The van der Waals surface area contributed by atoms with Gasteiger partial charge >= 0.3 is 0 Å². The molecule has 0 saturated carbocycles. The minimum atomic E-state index is -0.373. The van der Waals surface area contributed by atoms with Crippen molar-refractivity contribution in [2.45, 2.75) is 26.2 Å². The smallest absolute Gasteiger partial charge is 0.259 e. The summed E-state index contributed by atoms with van der Waals surface area (Å²) in [5.74, 6) is -0.295. The number of carbonyl (C=O) groups is 2. The van der Waals surface area contributed by atoms with Gasteiger partial charge in [-0.2, -0.15) is 0 Å². The molecule has 0 heterocycles. The highest BCUT2D eigenvalue weighted by molar-refractivity contribution is 6.09. The summed E-state index contributed by atoms with van der Waals surface area (Å²) in [6, 6.07) is 18.4. The Morgan fingerprint density at radius 2 is 1.69 bits per heavy atom. The third-order valence-corrected chi connectivity index (χ3v) is 4.45. The van der Waals surface area contributed by atoms with Crippen LogP contribution in [0.25, 0.3) is 10.8 Å². The van der Waals surface area contributed by atoms with Gasteiger partial charge in [0.2, 0.25) is 0 Å². The SMILES string of the molecule is CCC(=O)CCc1c(O)c(C(=O)Nc2ccccc2)cc2ccccc12. The molecule has 3 aromatic carbocycles. The fraction of sp³-hybridized carbons (Fsp3) is 0.182. The summed E-state index contributed by atoms with van der Waals surface area (Å²) in [6.45, 7) is 1.82. The van der Waals surface area contributed by atoms with Gasteiger partial charge < -0.3 is 10.4 Å². The maximum absolute atomic E-state index is 12.7. The lowest BCUT2D eigenvalue weighted by Gasteiger charge is -2.14. The number of aryl methyl sites for hydroxylation is 1. The molecule has 0 unspecified atom stereocenters. The standard InChI is InChI=1S/C22H21NO3/c1-2-17(24)12-13-19-18-11-7-6-8-15(18)14-20(21(19)25)22(26)23-16-9-4-3-5-10-16/h3-11,14,25H,2,12-13H2,1H3,(H,23,26). The number of ketones is 1. The van der Waals surface area contributed by atoms with Crippen LogP contribution in [0, 0.1) is 0 Å². The number of nitrogens with one attached hydrogen (secondary N) is 1. The zero-order valence-electron chi connectivity index (χ0n) is 14.7. The second-order valence-electron chi connectivity index (χ2n) is 6.18. The maximum Gasteiger partial charge on any atom is 0.259 e. The summed E-state index contributed by atoms with van der Waals surface area (Å²) in [6.07, 6.45) is 1.22. The Hall–Kier alpha value is -3.14. The number of aromatic hydroxyl groups is 1. The molecule has 0 saturated heterocycles. The molecule has 0 spiro atoms. The molecular formula is C22H21NO3. The van der Waals surface area contributed by atoms with Gasteiger partial charge in [-0.3, -0.25) is 9.59 Å². The Kier molecular flexibility index (Phi) is 5.32. The summed E-state index contributed by atoms with van der Waals surface area (Å²) in [4.78, 5) is 24.4. The Balaban J connectivity index is 2.01. The summed E-state index contributed by atoms with van der Waals surface area (Å²) >= 11 is 0. The summed E-state index contributed by atoms with van der Waals surface area (Å²) in [5, 5.41) is 15.3. The first-order valence-electron chi connectivity index (χ1n) is 8.72. The summed E-state index contributed by atoms with van der Waals surface area (Å²) in [7, 11) is 0. The van der Waals surface area contributed by atoms with Crippen LogP contribution in [0.15, 0.2) is 60.7 Å². The first-order chi connectivity index (χ1) is 12.6. The molecule has 0 atom stereocenters. The first kappa shape index (κ1) is 17.7. The van der Waals surface area contributed by atoms with Gasteiger partial charge in [-0.15, -0.1) is 0 Å². The van der Waals surface area contributed by atoms with Crippen molar-refractivity contribution in [3.63, 3.8) is 0 Å². The highest BCUT2D eigenvalue weighted by atomic mass is 16.3. The second-order valence-corrected chi connectivity index (χ2v) is 6.18. The Labute approximate surface area is 152 Å². The van der Waals surface area contributed by atoms with Gasteiger partial charge in [0.25, 0.3) is 5.91 Å². The van der Waals surface area contributed by atoms with Gasteiger partial charge in [0.1, 0.15) is 11.5 Å². The normalized spacial score (nSPS) is 10.7. The van der Waals surface area contributed by atoms with E-state index in [0.717, 1.165) is 10.8 Å². The van der Waals surface area contributed by atoms with Gasteiger partial charge in [0.15, 0.2) is 0 Å². The van der Waals surface area contributed by atoms with Crippen molar-refractivity contribution in [1.82, 2.24) is 0 Å². The minimum Gasteiger partial charge on any atom is -0.507 e. The zero-order chi connectivity index (χ0) is 18.5. The van der Waals surface area contributed by atoms with Gasteiger partial charge in [-0.1, -0.05) is 49.4 Å². The molecule has 3 rings (SSSR count). The molecule has 0 radical (unpaired) electrons. The Bertz CT molecular complexity index is 948. The average molecular weight is 347 g/mol. The summed E-state index contributed by atoms with van der Waals surface area (Å²) < 4.78 is 0. The monoisotopic (exact) mass is 347 g/mol. The molecule has 4 heteroatoms. The predicted octanol–water partition coefficient (Wildman–Crippen LogP) is 4.71. The number of hydrogen-bond acceptors (Lipinski definition) is 3. The lowest BCUT2D eigenvalue weighted by Crippen LogP contribution is -2.13. The van der Waals surface area contributed by atoms with E-state index >= 15 is 0 Å². The lowest BCUT2D eigenvalue weighted by atomic mass is 9.95. The topological polar surface area (TPSA) is 66.4 Å². The molecule has 26 heavy (non-hydrogen) atoms. The van der Waals surface area contributed by atoms with Crippen LogP contribution in [0.5, 0.6) is 5.75 Å². The van der Waals surface area contributed by atoms with E-state index in [2.05, 4.69) is 5.32 Å². The average Bonchev–Trinajstić information content (AvgIpc) is 2.67. The van der Waals surface area contributed by atoms with E-state index in [0.29, 0.717) is 30.5 Å². The van der Waals surface area contributed by atoms with Crippen molar-refractivity contribution in [2.75, 3.05) is 5.32 Å². The molecule has 0 aliphatic rings. The van der Waals surface area contributed by atoms with E-state index in [1.54, 1.807) is 18.2 Å². The van der Waals surface area contributed by atoms with E-state index in [-0.39, 0.29) is 23.0 Å². The Morgan fingerprint density at radius 1 is 1.00 bits per heavy atom. The third kappa shape index (κ3) is 3.75. The molecule has 0 fully saturated rings. The van der Waals surface area contributed by atoms with Crippen molar-refractivity contribution in [2.24, 2.45) is 0 Å². The lowest BCUT2D eigenvalue weighted by molar-refractivity contribution is -0.118. The number of anilines is 1. The molecule has 2 N–H and O–H groups in total. The number of phenols is 1. The van der Waals surface area contributed by atoms with Crippen LogP contribution in [0.4, 0.5) is 5.69 Å². The molecule has 4 nitrogen and oxygen atoms in total. The second kappa shape index (κ2) is 7.83. The zero-order valence-corrected chi connectivity index (χ0v) is 14.7. The van der Waals surface area contributed by atoms with Crippen molar-refractivity contribution in [3.8, 4) is 5.75 Å². The van der Waals surface area contributed by atoms with Crippen LogP contribution < -0.4 is 5.32 Å². The van der Waals surface area contributed by atoms with Crippen LogP contribution in [0.3, 0.4) is 0 Å². The molecule has 0 aliphatic heterocycles. The van der Waals surface area contributed by atoms with Crippen molar-refractivity contribution >= 4 is 28.2 Å². The summed E-state index contributed by atoms with van der Waals surface area (Å²) in [5.41, 5.74) is 1.52. The van der Waals surface area contributed by atoms with E-state index in [1.807, 2.05) is 49.4 Å². The van der Waals surface area contributed by atoms with Gasteiger partial charge in [0.05, 0.1) is 5.56 Å². The van der Waals surface area contributed by atoms with Crippen LogP contribution >= 0.6 is 0 Å². The largest absolute Gasteiger partial charge is 0.507 e. The number of para-hydroxylation sites is 1. The highest BCUT2D eigenvalue weighted by Gasteiger charge is 2.18. The van der Waals surface area contributed by atoms with Crippen LogP contribution in [-0.2, 0) is 11.2 Å². The fourth-order valence-corrected chi connectivity index (χ4v) is 3.00. The number of fused-ring (bicyclic) bond motifs is 1. The van der Waals surface area contributed by atoms with Crippen LogP contribution in [0.1, 0.15) is 35.7 Å². The van der Waals surface area contributed by atoms with Gasteiger partial charge in [-0.05, 0) is 35.4 Å². The first-order valence-corrected chi connectivity index (χ1v) is 8.72. The number of hydrogen-bond donors (Lipinski definition) is 2. The van der Waals surface area contributed by atoms with E-state index in [1.165, 1.54) is 0 Å². The number of carbonyl (C=O) groups excluding carboxylic acids is 2. The van der Waals surface area contributed by atoms with Crippen LogP contribution in [0.2, 0.25) is 0 Å². The minimum absolute atomic E-state index is 0.0546. The van der Waals surface area contributed by atoms with E-state index in [4.69, 9.17) is 0 Å². The molecule has 0 aromatic heterocycles.